The van der Waals surface area contributed by atoms with Crippen molar-refractivity contribution in [3.05, 3.63) is 165 Å². The van der Waals surface area contributed by atoms with Crippen LogP contribution in [0.4, 0.5) is 17.1 Å². The highest BCUT2D eigenvalue weighted by Crippen LogP contribution is 2.30. The molecule has 3 amide bonds. The molecule has 0 radical (unpaired) electrons. The molecule has 5 aromatic carbocycles. The van der Waals surface area contributed by atoms with E-state index in [4.69, 9.17) is 4.74 Å². The second kappa shape index (κ2) is 17.5. The van der Waals surface area contributed by atoms with E-state index in [1.165, 1.54) is 23.9 Å². The number of nitro groups is 1. The van der Waals surface area contributed by atoms with Crippen LogP contribution in [0.3, 0.4) is 0 Å². The maximum absolute atomic E-state index is 13.7. The molecule has 0 aromatic heterocycles. The lowest BCUT2D eigenvalue weighted by Crippen LogP contribution is -2.30. The maximum atomic E-state index is 13.7. The summed E-state index contributed by atoms with van der Waals surface area (Å²) in [4.78, 5) is 51.5. The smallest absolute Gasteiger partial charge is 0.272 e. The maximum Gasteiger partial charge on any atom is 0.272 e. The van der Waals surface area contributed by atoms with Gasteiger partial charge in [0.2, 0.25) is 5.91 Å². The van der Waals surface area contributed by atoms with E-state index >= 15 is 0 Å². The van der Waals surface area contributed by atoms with Crippen LogP contribution in [0.15, 0.2) is 138 Å². The number of hydrogen-bond acceptors (Lipinski definition) is 7. The number of thioether (sulfide) groups is 1. The lowest BCUT2D eigenvalue weighted by molar-refractivity contribution is -0.384. The Morgan fingerprint density at radius 1 is 0.843 bits per heavy atom. The topological polar surface area (TPSA) is 140 Å². The molecule has 0 saturated carbocycles. The molecule has 0 saturated heterocycles. The summed E-state index contributed by atoms with van der Waals surface area (Å²) in [7, 11) is 0. The van der Waals surface area contributed by atoms with Gasteiger partial charge in [0.25, 0.3) is 17.5 Å². The fourth-order valence-corrected chi connectivity index (χ4v) is 5.93. The molecule has 5 aromatic rings. The van der Waals surface area contributed by atoms with Crippen LogP contribution in [0.5, 0.6) is 5.75 Å². The van der Waals surface area contributed by atoms with Crippen LogP contribution in [0.1, 0.15) is 40.4 Å². The van der Waals surface area contributed by atoms with E-state index in [-0.39, 0.29) is 17.3 Å². The molecule has 51 heavy (non-hydrogen) atoms. The molecule has 1 unspecified atom stereocenters. The van der Waals surface area contributed by atoms with Gasteiger partial charge in [0, 0.05) is 28.3 Å². The minimum absolute atomic E-state index is 0.0259. The van der Waals surface area contributed by atoms with Gasteiger partial charge in [-0.15, -0.1) is 11.8 Å². The molecule has 258 valence electrons. The SMILES string of the molecule is CCC(Sc1cccc(NC(=O)/C(=C\c2ccc(OCc3ccccc3)cc2)NC(=O)c2ccccc2)c1)C(=O)Nc1cc([N+](=O)[O-])ccc1C. The number of anilines is 2. The van der Waals surface area contributed by atoms with Gasteiger partial charge < -0.3 is 20.7 Å². The summed E-state index contributed by atoms with van der Waals surface area (Å²) >= 11 is 1.30. The van der Waals surface area contributed by atoms with Crippen molar-refractivity contribution in [1.82, 2.24) is 5.32 Å². The Morgan fingerprint density at radius 3 is 2.24 bits per heavy atom. The predicted molar refractivity (Wildman–Crippen MR) is 201 cm³/mol. The highest BCUT2D eigenvalue weighted by molar-refractivity contribution is 8.00. The van der Waals surface area contributed by atoms with E-state index in [0.717, 1.165) is 10.5 Å². The van der Waals surface area contributed by atoms with Crippen LogP contribution >= 0.6 is 11.8 Å². The first-order chi connectivity index (χ1) is 24.7. The first-order valence-electron chi connectivity index (χ1n) is 16.2. The van der Waals surface area contributed by atoms with Crippen LogP contribution in [0, 0.1) is 17.0 Å². The number of hydrogen-bond donors (Lipinski definition) is 3. The zero-order chi connectivity index (χ0) is 36.2. The number of amides is 3. The zero-order valence-electron chi connectivity index (χ0n) is 28.0. The summed E-state index contributed by atoms with van der Waals surface area (Å²) in [5.41, 5.74) is 3.55. The Bertz CT molecular complexity index is 2040. The van der Waals surface area contributed by atoms with Crippen molar-refractivity contribution in [3.63, 3.8) is 0 Å². The summed E-state index contributed by atoms with van der Waals surface area (Å²) in [5.74, 6) is -0.633. The van der Waals surface area contributed by atoms with Gasteiger partial charge in [-0.2, -0.15) is 0 Å². The lowest BCUT2D eigenvalue weighted by atomic mass is 10.1. The second-order valence-corrected chi connectivity index (χ2v) is 12.7. The molecule has 10 nitrogen and oxygen atoms in total. The van der Waals surface area contributed by atoms with Gasteiger partial charge >= 0.3 is 0 Å². The van der Waals surface area contributed by atoms with Gasteiger partial charge in [-0.25, -0.2) is 0 Å². The van der Waals surface area contributed by atoms with Gasteiger partial charge in [-0.1, -0.05) is 79.7 Å². The Morgan fingerprint density at radius 2 is 1.55 bits per heavy atom. The molecule has 0 bridgehead atoms. The van der Waals surface area contributed by atoms with Gasteiger partial charge in [0.05, 0.1) is 15.9 Å². The average Bonchev–Trinajstić information content (AvgIpc) is 3.14. The predicted octanol–water partition coefficient (Wildman–Crippen LogP) is 8.40. The molecule has 0 aliphatic rings. The number of benzene rings is 5. The molecule has 0 aliphatic heterocycles. The standard InChI is InChI=1S/C40H36N4O6S/c1-3-37(40(47)42-35-25-32(44(48)49)20-17-27(35)2)51-34-16-10-15-31(24-34)41-39(46)36(43-38(45)30-13-8-5-9-14-30)23-28-18-21-33(22-19-28)50-26-29-11-6-4-7-12-29/h4-25,37H,3,26H2,1-2H3,(H,41,46)(H,42,47)(H,43,45)/b36-23+. The van der Waals surface area contributed by atoms with Gasteiger partial charge in [0.1, 0.15) is 18.1 Å². The normalized spacial score (nSPS) is 11.6. The van der Waals surface area contributed by atoms with E-state index in [1.54, 1.807) is 91.9 Å². The Hall–Kier alpha value is -6.20. The van der Waals surface area contributed by atoms with Gasteiger partial charge in [-0.3, -0.25) is 24.5 Å². The van der Waals surface area contributed by atoms with Crippen molar-refractivity contribution in [2.24, 2.45) is 0 Å². The van der Waals surface area contributed by atoms with E-state index < -0.39 is 22.0 Å². The van der Waals surface area contributed by atoms with E-state index in [1.807, 2.05) is 43.3 Å². The number of carbonyl (C=O) groups is 3. The number of ether oxygens (including phenoxy) is 1. The molecular formula is C40H36N4O6S. The minimum Gasteiger partial charge on any atom is -0.489 e. The molecule has 0 heterocycles. The van der Waals surface area contributed by atoms with E-state index in [2.05, 4.69) is 16.0 Å². The first kappa shape index (κ1) is 36.1. The van der Waals surface area contributed by atoms with E-state index in [9.17, 15) is 24.5 Å². The van der Waals surface area contributed by atoms with Gasteiger partial charge in [-0.05, 0) is 78.6 Å². The highest BCUT2D eigenvalue weighted by atomic mass is 32.2. The largest absolute Gasteiger partial charge is 0.489 e. The number of rotatable bonds is 14. The van der Waals surface area contributed by atoms with Crippen LogP contribution < -0.4 is 20.7 Å². The van der Waals surface area contributed by atoms with Crippen molar-refractivity contribution in [2.45, 2.75) is 37.0 Å². The van der Waals surface area contributed by atoms with Crippen molar-refractivity contribution >= 4 is 52.6 Å². The van der Waals surface area contributed by atoms with Crippen molar-refractivity contribution in [1.29, 1.82) is 0 Å². The van der Waals surface area contributed by atoms with E-state index in [0.29, 0.717) is 46.8 Å². The Balaban J connectivity index is 1.30. The molecular weight excluding hydrogens is 665 g/mol. The lowest BCUT2D eigenvalue weighted by Gasteiger charge is -2.17. The molecule has 0 fully saturated rings. The second-order valence-electron chi connectivity index (χ2n) is 11.5. The molecule has 0 spiro atoms. The fourth-order valence-electron chi connectivity index (χ4n) is 4.91. The third-order valence-electron chi connectivity index (χ3n) is 7.69. The quantitative estimate of drug-likeness (QED) is 0.0458. The zero-order valence-corrected chi connectivity index (χ0v) is 28.8. The van der Waals surface area contributed by atoms with Crippen molar-refractivity contribution < 1.29 is 24.0 Å². The highest BCUT2D eigenvalue weighted by Gasteiger charge is 2.21. The average molecular weight is 701 g/mol. The third-order valence-corrected chi connectivity index (χ3v) is 9.05. The molecule has 1 atom stereocenters. The third kappa shape index (κ3) is 10.4. The summed E-state index contributed by atoms with van der Waals surface area (Å²) in [6.45, 7) is 4.05. The molecule has 0 aliphatic carbocycles. The van der Waals surface area contributed by atoms with Crippen molar-refractivity contribution in [3.8, 4) is 5.75 Å². The van der Waals surface area contributed by atoms with Crippen LogP contribution in [0.2, 0.25) is 0 Å². The summed E-state index contributed by atoms with van der Waals surface area (Å²) < 4.78 is 5.89. The number of nitro benzene ring substituents is 1. The fraction of sp³-hybridized carbons (Fsp3) is 0.125. The first-order valence-corrected chi connectivity index (χ1v) is 17.1. The van der Waals surface area contributed by atoms with Crippen LogP contribution in [-0.2, 0) is 16.2 Å². The Kier molecular flexibility index (Phi) is 12.4. The Labute approximate surface area is 300 Å². The number of non-ortho nitro benzene ring substituents is 1. The molecule has 5 rings (SSSR count). The minimum atomic E-state index is -0.545. The number of carbonyl (C=O) groups excluding carboxylic acids is 3. The van der Waals surface area contributed by atoms with Crippen molar-refractivity contribution in [2.75, 3.05) is 10.6 Å². The summed E-state index contributed by atoms with van der Waals surface area (Å²) in [5, 5.41) is 19.2. The van der Waals surface area contributed by atoms with Crippen LogP contribution in [0.25, 0.3) is 6.08 Å². The molecule has 3 N–H and O–H groups in total. The van der Waals surface area contributed by atoms with Crippen LogP contribution in [-0.4, -0.2) is 27.9 Å². The summed E-state index contributed by atoms with van der Waals surface area (Å²) in [6, 6.07) is 37.0. The number of aryl methyl sites for hydroxylation is 1. The summed E-state index contributed by atoms with van der Waals surface area (Å²) in [6.07, 6.45) is 2.07. The monoisotopic (exact) mass is 700 g/mol. The number of nitrogens with zero attached hydrogens (tertiary/aromatic N) is 1. The number of nitrogens with one attached hydrogen (secondary N) is 3. The van der Waals surface area contributed by atoms with Gasteiger partial charge in [0.15, 0.2) is 0 Å². The molecule has 11 heteroatoms.